The lowest BCUT2D eigenvalue weighted by atomic mass is 10.1. The van der Waals surface area contributed by atoms with Crippen molar-refractivity contribution >= 4 is 22.7 Å². The fourth-order valence-electron chi connectivity index (χ4n) is 3.56. The first-order chi connectivity index (χ1) is 14.2. The van der Waals surface area contributed by atoms with Crippen LogP contribution in [0.2, 0.25) is 0 Å². The maximum Gasteiger partial charge on any atom is 0.257 e. The zero-order valence-corrected chi connectivity index (χ0v) is 16.0. The Balaban J connectivity index is 1.44. The van der Waals surface area contributed by atoms with Gasteiger partial charge in [-0.1, -0.05) is 0 Å². The van der Waals surface area contributed by atoms with Crippen LogP contribution >= 0.6 is 0 Å². The lowest BCUT2D eigenvalue weighted by molar-refractivity contribution is -0.0812. The summed E-state index contributed by atoms with van der Waals surface area (Å²) in [5, 5.41) is 17.9. The Hall–Kier alpha value is -3.16. The van der Waals surface area contributed by atoms with Crippen LogP contribution in [0.1, 0.15) is 12.1 Å². The van der Waals surface area contributed by atoms with Crippen molar-refractivity contribution in [3.8, 4) is 11.9 Å². The standard InChI is InChI=1S/C19H21N7O3/c1-25-8-16(18(24-25)29-15-10-28-11-15)22-19-21-6-13-4-14(5-20)26(17(13)23-19)7-12-2-3-27-9-12/h4,6,8,12,15H,2-3,7,9-11H2,1H3,(H,21,22,23). The van der Waals surface area contributed by atoms with Gasteiger partial charge in [0.1, 0.15) is 29.2 Å². The maximum absolute atomic E-state index is 9.55. The van der Waals surface area contributed by atoms with Crippen molar-refractivity contribution in [3.63, 3.8) is 0 Å². The van der Waals surface area contributed by atoms with Gasteiger partial charge >= 0.3 is 0 Å². The summed E-state index contributed by atoms with van der Waals surface area (Å²) >= 11 is 0. The molecule has 150 valence electrons. The molecule has 2 aliphatic rings. The summed E-state index contributed by atoms with van der Waals surface area (Å²) in [4.78, 5) is 9.08. The van der Waals surface area contributed by atoms with Crippen LogP contribution in [0.4, 0.5) is 11.6 Å². The van der Waals surface area contributed by atoms with E-state index in [-0.39, 0.29) is 6.10 Å². The minimum Gasteiger partial charge on any atom is -0.467 e. The van der Waals surface area contributed by atoms with Gasteiger partial charge in [0, 0.05) is 37.7 Å². The Morgan fingerprint density at radius 2 is 2.24 bits per heavy atom. The van der Waals surface area contributed by atoms with E-state index < -0.39 is 0 Å². The van der Waals surface area contributed by atoms with E-state index in [2.05, 4.69) is 26.5 Å². The number of hydrogen-bond donors (Lipinski definition) is 1. The van der Waals surface area contributed by atoms with Gasteiger partial charge < -0.3 is 24.1 Å². The molecule has 0 saturated carbocycles. The van der Waals surface area contributed by atoms with Gasteiger partial charge in [0.05, 0.1) is 26.0 Å². The minimum absolute atomic E-state index is 0.0119. The largest absolute Gasteiger partial charge is 0.467 e. The first-order valence-electron chi connectivity index (χ1n) is 9.59. The van der Waals surface area contributed by atoms with Gasteiger partial charge in [-0.3, -0.25) is 4.68 Å². The molecule has 0 radical (unpaired) electrons. The second-order valence-corrected chi connectivity index (χ2v) is 7.38. The zero-order chi connectivity index (χ0) is 19.8. The van der Waals surface area contributed by atoms with E-state index in [0.717, 1.165) is 24.1 Å². The highest BCUT2D eigenvalue weighted by Gasteiger charge is 2.24. The third kappa shape index (κ3) is 3.50. The molecule has 2 fully saturated rings. The fourth-order valence-corrected chi connectivity index (χ4v) is 3.56. The van der Waals surface area contributed by atoms with Crippen molar-refractivity contribution < 1.29 is 14.2 Å². The fraction of sp³-hybridized carbons (Fsp3) is 0.474. The summed E-state index contributed by atoms with van der Waals surface area (Å²) in [5.41, 5.74) is 1.99. The monoisotopic (exact) mass is 395 g/mol. The molecule has 0 aromatic carbocycles. The molecule has 5 rings (SSSR count). The van der Waals surface area contributed by atoms with Crippen molar-refractivity contribution in [3.05, 3.63) is 24.2 Å². The second-order valence-electron chi connectivity index (χ2n) is 7.38. The van der Waals surface area contributed by atoms with E-state index in [1.54, 1.807) is 10.9 Å². The lowest BCUT2D eigenvalue weighted by Crippen LogP contribution is -2.38. The van der Waals surface area contributed by atoms with Crippen LogP contribution in [0.5, 0.6) is 5.88 Å². The van der Waals surface area contributed by atoms with Crippen LogP contribution in [-0.4, -0.2) is 56.8 Å². The molecule has 2 aliphatic heterocycles. The number of nitrogens with one attached hydrogen (secondary N) is 1. The molecule has 3 aromatic heterocycles. The van der Waals surface area contributed by atoms with Crippen molar-refractivity contribution in [2.24, 2.45) is 13.0 Å². The highest BCUT2D eigenvalue weighted by Crippen LogP contribution is 2.28. The van der Waals surface area contributed by atoms with Gasteiger partial charge in [0.15, 0.2) is 0 Å². The Morgan fingerprint density at radius 1 is 1.34 bits per heavy atom. The highest BCUT2D eigenvalue weighted by atomic mass is 16.6. The molecule has 29 heavy (non-hydrogen) atoms. The Bertz CT molecular complexity index is 1070. The van der Waals surface area contributed by atoms with Gasteiger partial charge in [-0.2, -0.15) is 10.2 Å². The number of aromatic nitrogens is 5. The third-order valence-electron chi connectivity index (χ3n) is 5.14. The Morgan fingerprint density at radius 3 is 2.97 bits per heavy atom. The Labute approximate surface area is 167 Å². The number of hydrogen-bond acceptors (Lipinski definition) is 8. The van der Waals surface area contributed by atoms with E-state index in [1.807, 2.05) is 23.9 Å². The van der Waals surface area contributed by atoms with Crippen molar-refractivity contribution in [2.75, 3.05) is 31.7 Å². The van der Waals surface area contributed by atoms with Crippen molar-refractivity contribution in [1.29, 1.82) is 5.26 Å². The number of ether oxygens (including phenoxy) is 3. The summed E-state index contributed by atoms with van der Waals surface area (Å²) in [6.45, 7) is 3.30. The van der Waals surface area contributed by atoms with Crippen molar-refractivity contribution in [1.82, 2.24) is 24.3 Å². The predicted octanol–water partition coefficient (Wildman–Crippen LogP) is 1.59. The molecule has 0 amide bonds. The lowest BCUT2D eigenvalue weighted by Gasteiger charge is -2.25. The van der Waals surface area contributed by atoms with E-state index >= 15 is 0 Å². The van der Waals surface area contributed by atoms with E-state index in [4.69, 9.17) is 14.2 Å². The molecular formula is C19H21N7O3. The normalized spacial score (nSPS) is 19.2. The van der Waals surface area contributed by atoms with Crippen LogP contribution in [0.3, 0.4) is 0 Å². The SMILES string of the molecule is Cn1cc(Nc2ncc3cc(C#N)n(CC4CCOC4)c3n2)c(OC2COC2)n1. The van der Waals surface area contributed by atoms with E-state index in [9.17, 15) is 5.26 Å². The number of nitriles is 1. The Kier molecular flexibility index (Phi) is 4.54. The molecule has 0 aliphatic carbocycles. The molecule has 3 aromatic rings. The van der Waals surface area contributed by atoms with Gasteiger partial charge in [0.25, 0.3) is 5.88 Å². The molecule has 0 spiro atoms. The van der Waals surface area contributed by atoms with Gasteiger partial charge in [-0.05, 0) is 12.5 Å². The van der Waals surface area contributed by atoms with Gasteiger partial charge in [-0.25, -0.2) is 4.98 Å². The average Bonchev–Trinajstić information content (AvgIpc) is 3.39. The quantitative estimate of drug-likeness (QED) is 0.670. The van der Waals surface area contributed by atoms with E-state index in [1.165, 1.54) is 0 Å². The molecule has 2 saturated heterocycles. The predicted molar refractivity (Wildman–Crippen MR) is 103 cm³/mol. The average molecular weight is 395 g/mol. The van der Waals surface area contributed by atoms with E-state index in [0.29, 0.717) is 55.5 Å². The zero-order valence-electron chi connectivity index (χ0n) is 16.0. The molecule has 10 nitrogen and oxygen atoms in total. The molecule has 1 N–H and O–H groups in total. The summed E-state index contributed by atoms with van der Waals surface area (Å²) in [5.74, 6) is 1.29. The summed E-state index contributed by atoms with van der Waals surface area (Å²) in [6, 6.07) is 4.09. The highest BCUT2D eigenvalue weighted by molar-refractivity contribution is 5.79. The molecular weight excluding hydrogens is 374 g/mol. The third-order valence-corrected chi connectivity index (χ3v) is 5.14. The van der Waals surface area contributed by atoms with Crippen LogP contribution in [-0.2, 0) is 23.1 Å². The first kappa shape index (κ1) is 17.9. The minimum atomic E-state index is 0.0119. The number of aryl methyl sites for hydroxylation is 1. The van der Waals surface area contributed by atoms with Crippen LogP contribution in [0.15, 0.2) is 18.5 Å². The topological polar surface area (TPSA) is 112 Å². The molecule has 1 unspecified atom stereocenters. The summed E-state index contributed by atoms with van der Waals surface area (Å²) in [6.07, 6.45) is 4.54. The number of rotatable bonds is 6. The smallest absolute Gasteiger partial charge is 0.257 e. The number of anilines is 2. The summed E-state index contributed by atoms with van der Waals surface area (Å²) < 4.78 is 20.1. The molecule has 10 heteroatoms. The van der Waals surface area contributed by atoms with Crippen LogP contribution < -0.4 is 10.1 Å². The van der Waals surface area contributed by atoms with Gasteiger partial charge in [-0.15, -0.1) is 5.10 Å². The van der Waals surface area contributed by atoms with Crippen molar-refractivity contribution in [2.45, 2.75) is 19.1 Å². The maximum atomic E-state index is 9.55. The molecule has 1 atom stereocenters. The first-order valence-corrected chi connectivity index (χ1v) is 9.59. The molecule has 0 bridgehead atoms. The van der Waals surface area contributed by atoms with Crippen LogP contribution in [0, 0.1) is 17.2 Å². The summed E-state index contributed by atoms with van der Waals surface area (Å²) in [7, 11) is 1.83. The van der Waals surface area contributed by atoms with Gasteiger partial charge in [0.2, 0.25) is 5.95 Å². The number of fused-ring (bicyclic) bond motifs is 1. The molecule has 5 heterocycles. The second kappa shape index (κ2) is 7.35. The number of nitrogens with zero attached hydrogens (tertiary/aromatic N) is 6. The van der Waals surface area contributed by atoms with Crippen LogP contribution in [0.25, 0.3) is 11.0 Å².